The number of thioether (sulfide) groups is 1. The van der Waals surface area contributed by atoms with Gasteiger partial charge in [0.15, 0.2) is 0 Å². The highest BCUT2D eigenvalue weighted by Crippen LogP contribution is 2.53. The maximum absolute atomic E-state index is 6.28. The van der Waals surface area contributed by atoms with Crippen LogP contribution in [0.5, 0.6) is 0 Å². The largest absolute Gasteiger partial charge is 0.398 e. The van der Waals surface area contributed by atoms with Crippen LogP contribution in [-0.4, -0.2) is 5.25 Å². The van der Waals surface area contributed by atoms with Crippen LogP contribution >= 0.6 is 11.8 Å². The zero-order valence-corrected chi connectivity index (χ0v) is 11.8. The van der Waals surface area contributed by atoms with Crippen LogP contribution in [-0.2, 0) is 0 Å². The molecule has 0 fully saturated rings. The average molecular weight is 277 g/mol. The van der Waals surface area contributed by atoms with E-state index in [1.54, 1.807) is 0 Å². The van der Waals surface area contributed by atoms with E-state index in [0.717, 1.165) is 5.70 Å². The van der Waals surface area contributed by atoms with Crippen LogP contribution in [0.2, 0.25) is 0 Å². The molecule has 1 nitrogen and oxygen atoms in total. The van der Waals surface area contributed by atoms with Crippen LogP contribution in [0.4, 0.5) is 0 Å². The molecule has 2 unspecified atom stereocenters. The summed E-state index contributed by atoms with van der Waals surface area (Å²) in [6, 6.07) is 19.2. The van der Waals surface area contributed by atoms with E-state index in [9.17, 15) is 0 Å². The first-order valence-corrected chi connectivity index (χ1v) is 7.71. The van der Waals surface area contributed by atoms with Gasteiger partial charge in [-0.25, -0.2) is 0 Å². The van der Waals surface area contributed by atoms with Crippen molar-refractivity contribution in [1.82, 2.24) is 0 Å². The third kappa shape index (κ3) is 1.72. The van der Waals surface area contributed by atoms with Gasteiger partial charge in [-0.2, -0.15) is 0 Å². The van der Waals surface area contributed by atoms with E-state index in [2.05, 4.69) is 60.7 Å². The molecule has 20 heavy (non-hydrogen) atoms. The molecule has 1 aliphatic carbocycles. The van der Waals surface area contributed by atoms with Gasteiger partial charge in [0.2, 0.25) is 0 Å². The minimum atomic E-state index is 0.403. The second kappa shape index (κ2) is 4.57. The monoisotopic (exact) mass is 277 g/mol. The third-order valence-electron chi connectivity index (χ3n) is 4.02. The molecule has 2 aliphatic rings. The van der Waals surface area contributed by atoms with Crippen LogP contribution in [0.1, 0.15) is 17.0 Å². The SMILES string of the molecule is NC1=C(c2ccccc2)C2Sc3ccccc3C2C=C1. The Bertz CT molecular complexity index is 715. The lowest BCUT2D eigenvalue weighted by atomic mass is 9.84. The molecule has 0 radical (unpaired) electrons. The lowest BCUT2D eigenvalue weighted by Crippen LogP contribution is -2.18. The Morgan fingerprint density at radius 2 is 1.65 bits per heavy atom. The Labute approximate surface area is 123 Å². The summed E-state index contributed by atoms with van der Waals surface area (Å²) < 4.78 is 0. The van der Waals surface area contributed by atoms with Crippen LogP contribution < -0.4 is 5.73 Å². The number of hydrogen-bond acceptors (Lipinski definition) is 2. The van der Waals surface area contributed by atoms with Gasteiger partial charge in [0, 0.05) is 21.8 Å². The maximum Gasteiger partial charge on any atom is 0.0474 e. The molecular weight excluding hydrogens is 262 g/mol. The molecule has 2 N–H and O–H groups in total. The number of hydrogen-bond donors (Lipinski definition) is 1. The molecule has 98 valence electrons. The maximum atomic E-state index is 6.28. The zero-order valence-electron chi connectivity index (χ0n) is 11.0. The summed E-state index contributed by atoms with van der Waals surface area (Å²) in [4.78, 5) is 1.38. The van der Waals surface area contributed by atoms with Gasteiger partial charge < -0.3 is 5.73 Å². The highest BCUT2D eigenvalue weighted by molar-refractivity contribution is 8.00. The highest BCUT2D eigenvalue weighted by Gasteiger charge is 2.37. The van der Waals surface area contributed by atoms with Crippen molar-refractivity contribution in [1.29, 1.82) is 0 Å². The Hall–Kier alpha value is -1.93. The molecule has 4 rings (SSSR count). The molecule has 2 heteroatoms. The quantitative estimate of drug-likeness (QED) is 0.846. The molecule has 2 atom stereocenters. The van der Waals surface area contributed by atoms with Crippen LogP contribution in [0.3, 0.4) is 0 Å². The van der Waals surface area contributed by atoms with Gasteiger partial charge in [0.25, 0.3) is 0 Å². The summed E-state index contributed by atoms with van der Waals surface area (Å²) in [7, 11) is 0. The summed E-state index contributed by atoms with van der Waals surface area (Å²) in [5.41, 5.74) is 11.1. The molecule has 0 amide bonds. The number of rotatable bonds is 1. The van der Waals surface area contributed by atoms with E-state index in [0.29, 0.717) is 11.2 Å². The fraction of sp³-hybridized carbons (Fsp3) is 0.111. The standard InChI is InChI=1S/C18H15NS/c19-15-11-10-14-13-8-4-5-9-16(13)20-18(14)17(15)12-6-2-1-3-7-12/h1-11,14,18H,19H2. The molecule has 0 saturated heterocycles. The summed E-state index contributed by atoms with van der Waals surface area (Å²) in [6.07, 6.45) is 4.33. The molecule has 0 bridgehead atoms. The first-order chi connectivity index (χ1) is 9.84. The molecule has 2 aromatic carbocycles. The highest BCUT2D eigenvalue weighted by atomic mass is 32.2. The smallest absolute Gasteiger partial charge is 0.0474 e. The van der Waals surface area contributed by atoms with Gasteiger partial charge in [0.1, 0.15) is 0 Å². The normalized spacial score (nSPS) is 23.6. The molecule has 0 saturated carbocycles. The van der Waals surface area contributed by atoms with Crippen molar-refractivity contribution in [2.75, 3.05) is 0 Å². The minimum Gasteiger partial charge on any atom is -0.398 e. The van der Waals surface area contributed by atoms with E-state index in [-0.39, 0.29) is 0 Å². The average Bonchev–Trinajstić information content (AvgIpc) is 2.86. The first-order valence-electron chi connectivity index (χ1n) is 6.83. The number of nitrogens with two attached hydrogens (primary N) is 1. The molecule has 0 spiro atoms. The summed E-state index contributed by atoms with van der Waals surface area (Å²) in [5, 5.41) is 0.403. The minimum absolute atomic E-state index is 0.403. The topological polar surface area (TPSA) is 26.0 Å². The number of benzene rings is 2. The third-order valence-corrected chi connectivity index (χ3v) is 5.43. The summed E-state index contributed by atoms with van der Waals surface area (Å²) in [5.74, 6) is 0.443. The Balaban J connectivity index is 1.84. The van der Waals surface area contributed by atoms with Crippen LogP contribution in [0.15, 0.2) is 77.3 Å². The summed E-state index contributed by atoms with van der Waals surface area (Å²) >= 11 is 1.94. The molecule has 1 heterocycles. The number of allylic oxidation sites excluding steroid dienone is 2. The Morgan fingerprint density at radius 1 is 0.900 bits per heavy atom. The van der Waals surface area contributed by atoms with E-state index >= 15 is 0 Å². The van der Waals surface area contributed by atoms with E-state index in [4.69, 9.17) is 5.73 Å². The lowest BCUT2D eigenvalue weighted by Gasteiger charge is -2.25. The van der Waals surface area contributed by atoms with E-state index in [1.165, 1.54) is 21.6 Å². The molecule has 0 aromatic heterocycles. The predicted octanol–water partition coefficient (Wildman–Crippen LogP) is 4.18. The predicted molar refractivity (Wildman–Crippen MR) is 85.5 cm³/mol. The van der Waals surface area contributed by atoms with Crippen molar-refractivity contribution >= 4 is 17.3 Å². The van der Waals surface area contributed by atoms with Gasteiger partial charge >= 0.3 is 0 Å². The molecule has 2 aromatic rings. The zero-order chi connectivity index (χ0) is 13.5. The Kier molecular flexibility index (Phi) is 2.71. The first kappa shape index (κ1) is 11.9. The van der Waals surface area contributed by atoms with E-state index < -0.39 is 0 Å². The van der Waals surface area contributed by atoms with Gasteiger partial charge in [-0.1, -0.05) is 54.6 Å². The summed E-state index contributed by atoms with van der Waals surface area (Å²) in [6.45, 7) is 0. The fourth-order valence-electron chi connectivity index (χ4n) is 3.09. The van der Waals surface area contributed by atoms with Crippen molar-refractivity contribution < 1.29 is 0 Å². The van der Waals surface area contributed by atoms with Gasteiger partial charge in [-0.15, -0.1) is 11.8 Å². The van der Waals surface area contributed by atoms with Gasteiger partial charge in [0.05, 0.1) is 0 Å². The number of fused-ring (bicyclic) bond motifs is 3. The lowest BCUT2D eigenvalue weighted by molar-refractivity contribution is 0.883. The van der Waals surface area contributed by atoms with Crippen molar-refractivity contribution in [3.63, 3.8) is 0 Å². The second-order valence-electron chi connectivity index (χ2n) is 5.20. The van der Waals surface area contributed by atoms with Gasteiger partial charge in [-0.3, -0.25) is 0 Å². The van der Waals surface area contributed by atoms with Crippen LogP contribution in [0, 0.1) is 0 Å². The van der Waals surface area contributed by atoms with Gasteiger partial charge in [-0.05, 0) is 28.8 Å². The van der Waals surface area contributed by atoms with Crippen molar-refractivity contribution in [3.05, 3.63) is 83.6 Å². The van der Waals surface area contributed by atoms with Crippen LogP contribution in [0.25, 0.3) is 5.57 Å². The molecular formula is C18H15NS. The van der Waals surface area contributed by atoms with Crippen molar-refractivity contribution in [2.24, 2.45) is 5.73 Å². The molecule has 1 aliphatic heterocycles. The van der Waals surface area contributed by atoms with Crippen molar-refractivity contribution in [3.8, 4) is 0 Å². The second-order valence-corrected chi connectivity index (χ2v) is 6.38. The van der Waals surface area contributed by atoms with E-state index in [1.807, 2.05) is 17.8 Å². The Morgan fingerprint density at radius 3 is 2.50 bits per heavy atom. The fourth-order valence-corrected chi connectivity index (χ4v) is 4.63. The van der Waals surface area contributed by atoms with Crippen molar-refractivity contribution in [2.45, 2.75) is 16.1 Å².